The highest BCUT2D eigenvalue weighted by Crippen LogP contribution is 2.28. The van der Waals surface area contributed by atoms with Crippen molar-refractivity contribution in [1.82, 2.24) is 16.2 Å². The third kappa shape index (κ3) is 7.58. The van der Waals surface area contributed by atoms with Gasteiger partial charge in [-0.05, 0) is 49.5 Å². The van der Waals surface area contributed by atoms with Crippen LogP contribution in [0.5, 0.6) is 11.5 Å². The zero-order valence-electron chi connectivity index (χ0n) is 15.0. The van der Waals surface area contributed by atoms with Crippen molar-refractivity contribution >= 4 is 63.9 Å². The molecule has 11 heteroatoms. The molecule has 0 fully saturated rings. The Hall–Kier alpha value is -2.26. The molecule has 0 aliphatic carbocycles. The summed E-state index contributed by atoms with van der Waals surface area (Å²) < 4.78 is 10.8. The van der Waals surface area contributed by atoms with Crippen LogP contribution in [0.25, 0.3) is 0 Å². The maximum Gasteiger partial charge on any atom is 0.276 e. The number of amides is 2. The van der Waals surface area contributed by atoms with E-state index in [0.29, 0.717) is 21.5 Å². The van der Waals surface area contributed by atoms with Crippen molar-refractivity contribution in [3.63, 3.8) is 0 Å². The highest BCUT2D eigenvalue weighted by molar-refractivity contribution is 7.80. The molecule has 2 amide bonds. The van der Waals surface area contributed by atoms with Gasteiger partial charge in [0.2, 0.25) is 0 Å². The maximum atomic E-state index is 12.1. The van der Waals surface area contributed by atoms with Crippen molar-refractivity contribution in [1.29, 1.82) is 0 Å². The molecule has 0 heterocycles. The number of para-hydroxylation sites is 1. The van der Waals surface area contributed by atoms with Gasteiger partial charge in [0, 0.05) is 5.02 Å². The molecular formula is C18H16Cl3N3O4S. The summed E-state index contributed by atoms with van der Waals surface area (Å²) in [5.41, 5.74) is 4.68. The van der Waals surface area contributed by atoms with Gasteiger partial charge in [0.25, 0.3) is 11.8 Å². The minimum Gasteiger partial charge on any atom is -0.482 e. The lowest BCUT2D eigenvalue weighted by Gasteiger charge is -2.17. The summed E-state index contributed by atoms with van der Waals surface area (Å²) in [5.74, 6) is -0.413. The second-order valence-electron chi connectivity index (χ2n) is 5.55. The third-order valence-electron chi connectivity index (χ3n) is 3.31. The van der Waals surface area contributed by atoms with Crippen LogP contribution in [0.1, 0.15) is 6.92 Å². The molecule has 2 aromatic rings. The molecule has 1 atom stereocenters. The molecule has 2 rings (SSSR count). The Kier molecular flexibility index (Phi) is 8.78. The van der Waals surface area contributed by atoms with E-state index in [1.54, 1.807) is 36.4 Å². The molecule has 2 aromatic carbocycles. The number of halogens is 3. The first-order valence-electron chi connectivity index (χ1n) is 8.15. The summed E-state index contributed by atoms with van der Waals surface area (Å²) in [6.45, 7) is 1.21. The van der Waals surface area contributed by atoms with Gasteiger partial charge in [0.1, 0.15) is 11.5 Å². The summed E-state index contributed by atoms with van der Waals surface area (Å²) in [5, 5.41) is 3.34. The minimum absolute atomic E-state index is 0.126. The van der Waals surface area contributed by atoms with Gasteiger partial charge in [-0.2, -0.15) is 0 Å². The highest BCUT2D eigenvalue weighted by Gasteiger charge is 2.17. The van der Waals surface area contributed by atoms with Crippen molar-refractivity contribution in [3.05, 3.63) is 57.5 Å². The number of hydrogen-bond donors (Lipinski definition) is 3. The van der Waals surface area contributed by atoms with Crippen LogP contribution in [0.4, 0.5) is 0 Å². The molecule has 0 radical (unpaired) electrons. The molecule has 0 aliphatic rings. The highest BCUT2D eigenvalue weighted by atomic mass is 35.5. The number of hydrazine groups is 1. The molecule has 154 valence electrons. The van der Waals surface area contributed by atoms with Gasteiger partial charge in [0.05, 0.1) is 10.0 Å². The Labute approximate surface area is 187 Å². The topological polar surface area (TPSA) is 88.7 Å². The minimum atomic E-state index is -0.910. The van der Waals surface area contributed by atoms with Crippen molar-refractivity contribution in [2.75, 3.05) is 6.61 Å². The van der Waals surface area contributed by atoms with Crippen molar-refractivity contribution in [3.8, 4) is 11.5 Å². The van der Waals surface area contributed by atoms with Crippen LogP contribution >= 0.6 is 47.0 Å². The van der Waals surface area contributed by atoms with Gasteiger partial charge >= 0.3 is 0 Å². The summed E-state index contributed by atoms with van der Waals surface area (Å²) in [4.78, 5) is 23.9. The van der Waals surface area contributed by atoms with Gasteiger partial charge in [-0.3, -0.25) is 25.8 Å². The van der Waals surface area contributed by atoms with E-state index in [4.69, 9.17) is 56.5 Å². The van der Waals surface area contributed by atoms with Crippen LogP contribution < -0.4 is 25.6 Å². The molecule has 1 unspecified atom stereocenters. The molecule has 0 saturated carbocycles. The van der Waals surface area contributed by atoms with E-state index in [-0.39, 0.29) is 16.7 Å². The predicted octanol–water partition coefficient (Wildman–Crippen LogP) is 3.52. The number of ether oxygens (including phenoxy) is 2. The van der Waals surface area contributed by atoms with Crippen molar-refractivity contribution in [2.24, 2.45) is 0 Å². The molecule has 7 nitrogen and oxygen atoms in total. The Morgan fingerprint density at radius 2 is 1.76 bits per heavy atom. The second-order valence-corrected chi connectivity index (χ2v) is 7.20. The largest absolute Gasteiger partial charge is 0.482 e. The standard InChI is InChI=1S/C18H16Cl3N3O4S/c1-10(28-15-7-6-11(19)8-13(15)21)17(26)22-18(29)24-23-16(25)9-27-14-5-3-2-4-12(14)20/h2-8,10H,9H2,1H3,(H,23,25)(H2,22,24,26,29). The molecule has 0 saturated heterocycles. The van der Waals surface area contributed by atoms with Crippen molar-refractivity contribution in [2.45, 2.75) is 13.0 Å². The molecule has 29 heavy (non-hydrogen) atoms. The number of rotatable bonds is 6. The smallest absolute Gasteiger partial charge is 0.276 e. The molecule has 0 bridgehead atoms. The van der Waals surface area contributed by atoms with Crippen LogP contribution in [0, 0.1) is 0 Å². The number of carbonyl (C=O) groups excluding carboxylic acids is 2. The number of carbonyl (C=O) groups is 2. The van der Waals surface area contributed by atoms with Gasteiger partial charge in [-0.25, -0.2) is 0 Å². The summed E-state index contributed by atoms with van der Waals surface area (Å²) in [7, 11) is 0. The summed E-state index contributed by atoms with van der Waals surface area (Å²) in [6.07, 6.45) is -0.910. The van der Waals surface area contributed by atoms with Crippen LogP contribution in [0.15, 0.2) is 42.5 Å². The first-order chi connectivity index (χ1) is 13.8. The average Bonchev–Trinajstić information content (AvgIpc) is 2.67. The van der Waals surface area contributed by atoms with Crippen LogP contribution in [0.3, 0.4) is 0 Å². The first-order valence-corrected chi connectivity index (χ1v) is 9.69. The van der Waals surface area contributed by atoms with E-state index in [2.05, 4.69) is 16.2 Å². The van der Waals surface area contributed by atoms with E-state index >= 15 is 0 Å². The number of hydrogen-bond acceptors (Lipinski definition) is 5. The summed E-state index contributed by atoms with van der Waals surface area (Å²) >= 11 is 22.7. The van der Waals surface area contributed by atoms with Crippen LogP contribution in [-0.2, 0) is 9.59 Å². The monoisotopic (exact) mass is 475 g/mol. The van der Waals surface area contributed by atoms with E-state index in [0.717, 1.165) is 0 Å². The van der Waals surface area contributed by atoms with Gasteiger partial charge in [0.15, 0.2) is 17.8 Å². The fourth-order valence-electron chi connectivity index (χ4n) is 1.93. The van der Waals surface area contributed by atoms with E-state index < -0.39 is 17.9 Å². The number of nitrogens with one attached hydrogen (secondary N) is 3. The Balaban J connectivity index is 1.74. The van der Waals surface area contributed by atoms with Crippen molar-refractivity contribution < 1.29 is 19.1 Å². The Bertz CT molecular complexity index is 914. The third-order valence-corrected chi connectivity index (χ3v) is 4.36. The fraction of sp³-hybridized carbons (Fsp3) is 0.167. The lowest BCUT2D eigenvalue weighted by Crippen LogP contribution is -2.51. The van der Waals surface area contributed by atoms with Gasteiger partial charge < -0.3 is 9.47 Å². The van der Waals surface area contributed by atoms with Crippen LogP contribution in [-0.4, -0.2) is 29.6 Å². The zero-order chi connectivity index (χ0) is 21.4. The molecule has 3 N–H and O–H groups in total. The molecule has 0 spiro atoms. The van der Waals surface area contributed by atoms with Gasteiger partial charge in [-0.1, -0.05) is 46.9 Å². The Morgan fingerprint density at radius 1 is 1.03 bits per heavy atom. The van der Waals surface area contributed by atoms with E-state index in [9.17, 15) is 9.59 Å². The lowest BCUT2D eigenvalue weighted by molar-refractivity contribution is -0.126. The van der Waals surface area contributed by atoms with Gasteiger partial charge in [-0.15, -0.1) is 0 Å². The maximum absolute atomic E-state index is 12.1. The fourth-order valence-corrected chi connectivity index (χ4v) is 2.72. The van der Waals surface area contributed by atoms with E-state index in [1.807, 2.05) is 0 Å². The zero-order valence-corrected chi connectivity index (χ0v) is 18.1. The molecule has 0 aromatic heterocycles. The number of benzene rings is 2. The summed E-state index contributed by atoms with van der Waals surface area (Å²) in [6, 6.07) is 11.4. The van der Waals surface area contributed by atoms with E-state index in [1.165, 1.54) is 13.0 Å². The normalized spacial score (nSPS) is 11.2. The Morgan fingerprint density at radius 3 is 2.45 bits per heavy atom. The lowest BCUT2D eigenvalue weighted by atomic mass is 10.3. The SMILES string of the molecule is CC(Oc1ccc(Cl)cc1Cl)C(=O)NC(=S)NNC(=O)COc1ccccc1Cl. The second kappa shape index (κ2) is 11.1. The average molecular weight is 477 g/mol. The number of thiocarbonyl (C=S) groups is 1. The quantitative estimate of drug-likeness (QED) is 0.437. The molecule has 0 aliphatic heterocycles. The van der Waals surface area contributed by atoms with Crippen LogP contribution in [0.2, 0.25) is 15.1 Å². The predicted molar refractivity (Wildman–Crippen MR) is 116 cm³/mol. The first kappa shape index (κ1) is 23.0. The molecular weight excluding hydrogens is 461 g/mol.